The van der Waals surface area contributed by atoms with Crippen LogP contribution in [0.3, 0.4) is 0 Å². The van der Waals surface area contributed by atoms with Crippen LogP contribution in [0.25, 0.3) is 0 Å². The van der Waals surface area contributed by atoms with Gasteiger partial charge in [-0.1, -0.05) is 25.7 Å². The normalized spacial score (nSPS) is 20.1. The molecule has 0 radical (unpaired) electrons. The second-order valence-electron chi connectivity index (χ2n) is 4.26. The molecule has 84 valence electrons. The highest BCUT2D eigenvalue weighted by molar-refractivity contribution is 4.70. The van der Waals surface area contributed by atoms with E-state index in [2.05, 4.69) is 0 Å². The first kappa shape index (κ1) is 12.0. The predicted molar refractivity (Wildman–Crippen MR) is 57.1 cm³/mol. The van der Waals surface area contributed by atoms with Gasteiger partial charge in [0.25, 0.3) is 0 Å². The average Bonchev–Trinajstić information content (AvgIpc) is 2.65. The highest BCUT2D eigenvalue weighted by Gasteiger charge is 2.18. The number of nitrogens with two attached hydrogens (primary N) is 1. The van der Waals surface area contributed by atoms with Crippen LogP contribution >= 0.6 is 0 Å². The van der Waals surface area contributed by atoms with E-state index in [1.165, 1.54) is 25.7 Å². The maximum absolute atomic E-state index is 9.65. The third-order valence-electron chi connectivity index (χ3n) is 2.88. The van der Waals surface area contributed by atoms with Gasteiger partial charge >= 0.3 is 0 Å². The summed E-state index contributed by atoms with van der Waals surface area (Å²) in [5, 5.41) is 9.65. The smallest absolute Gasteiger partial charge is 0.0776 e. The van der Waals surface area contributed by atoms with Crippen LogP contribution < -0.4 is 5.73 Å². The summed E-state index contributed by atoms with van der Waals surface area (Å²) >= 11 is 0. The molecule has 0 saturated heterocycles. The summed E-state index contributed by atoms with van der Waals surface area (Å²) in [7, 11) is 0. The number of ether oxygens (including phenoxy) is 1. The molecule has 0 bridgehead atoms. The lowest BCUT2D eigenvalue weighted by Crippen LogP contribution is -2.19. The molecule has 1 fully saturated rings. The summed E-state index contributed by atoms with van der Waals surface area (Å²) in [4.78, 5) is 0. The van der Waals surface area contributed by atoms with Gasteiger partial charge in [-0.05, 0) is 25.3 Å². The Hall–Kier alpha value is -0.120. The molecule has 1 unspecified atom stereocenters. The zero-order valence-electron chi connectivity index (χ0n) is 8.95. The molecule has 0 aromatic carbocycles. The molecule has 1 rings (SSSR count). The van der Waals surface area contributed by atoms with Crippen molar-refractivity contribution in [3.05, 3.63) is 0 Å². The van der Waals surface area contributed by atoms with Crippen molar-refractivity contribution in [2.24, 2.45) is 11.7 Å². The molecule has 1 atom stereocenters. The van der Waals surface area contributed by atoms with E-state index >= 15 is 0 Å². The molecule has 3 N–H and O–H groups in total. The SMILES string of the molecule is NCCCOCC(O)CC1CCCC1. The fourth-order valence-electron chi connectivity index (χ4n) is 2.10. The molecule has 0 heterocycles. The summed E-state index contributed by atoms with van der Waals surface area (Å²) in [5.41, 5.74) is 5.33. The summed E-state index contributed by atoms with van der Waals surface area (Å²) in [6.45, 7) is 1.83. The number of hydrogen-bond donors (Lipinski definition) is 2. The second-order valence-corrected chi connectivity index (χ2v) is 4.26. The van der Waals surface area contributed by atoms with Gasteiger partial charge in [0, 0.05) is 6.61 Å². The van der Waals surface area contributed by atoms with E-state index in [1.54, 1.807) is 0 Å². The van der Waals surface area contributed by atoms with Crippen LogP contribution in [0.15, 0.2) is 0 Å². The molecule has 1 aliphatic rings. The standard InChI is InChI=1S/C11H23NO2/c12-6-3-7-14-9-11(13)8-10-4-1-2-5-10/h10-11,13H,1-9,12H2. The Morgan fingerprint density at radius 2 is 2.07 bits per heavy atom. The Morgan fingerprint density at radius 3 is 2.71 bits per heavy atom. The van der Waals surface area contributed by atoms with Crippen LogP contribution in [0.4, 0.5) is 0 Å². The third-order valence-corrected chi connectivity index (χ3v) is 2.88. The highest BCUT2D eigenvalue weighted by Crippen LogP contribution is 2.28. The largest absolute Gasteiger partial charge is 0.391 e. The quantitative estimate of drug-likeness (QED) is 0.610. The lowest BCUT2D eigenvalue weighted by Gasteiger charge is -2.15. The molecule has 1 saturated carbocycles. The maximum atomic E-state index is 9.65. The van der Waals surface area contributed by atoms with Gasteiger partial charge in [0.15, 0.2) is 0 Å². The number of hydrogen-bond acceptors (Lipinski definition) is 3. The average molecular weight is 201 g/mol. The first-order chi connectivity index (χ1) is 6.83. The second kappa shape index (κ2) is 7.21. The van der Waals surface area contributed by atoms with Crippen molar-refractivity contribution in [2.45, 2.75) is 44.6 Å². The molecule has 0 aromatic heterocycles. The van der Waals surface area contributed by atoms with E-state index in [1.807, 2.05) is 0 Å². The van der Waals surface area contributed by atoms with Gasteiger partial charge in [0.1, 0.15) is 0 Å². The molecular weight excluding hydrogens is 178 g/mol. The van der Waals surface area contributed by atoms with Crippen molar-refractivity contribution in [2.75, 3.05) is 19.8 Å². The Balaban J connectivity index is 1.95. The topological polar surface area (TPSA) is 55.5 Å². The van der Waals surface area contributed by atoms with Crippen LogP contribution in [0, 0.1) is 5.92 Å². The van der Waals surface area contributed by atoms with Gasteiger partial charge in [0.05, 0.1) is 12.7 Å². The Bertz CT molecular complexity index is 135. The van der Waals surface area contributed by atoms with Crippen LogP contribution in [0.1, 0.15) is 38.5 Å². The summed E-state index contributed by atoms with van der Waals surface area (Å²) in [6, 6.07) is 0. The molecule has 0 aromatic rings. The van der Waals surface area contributed by atoms with Gasteiger partial charge in [0.2, 0.25) is 0 Å². The fourth-order valence-corrected chi connectivity index (χ4v) is 2.10. The summed E-state index contributed by atoms with van der Waals surface area (Å²) < 4.78 is 5.32. The van der Waals surface area contributed by atoms with E-state index in [9.17, 15) is 5.11 Å². The van der Waals surface area contributed by atoms with Crippen molar-refractivity contribution in [3.63, 3.8) is 0 Å². The number of aliphatic hydroxyl groups is 1. The fraction of sp³-hybridized carbons (Fsp3) is 1.00. The monoisotopic (exact) mass is 201 g/mol. The van der Waals surface area contributed by atoms with E-state index in [4.69, 9.17) is 10.5 Å². The van der Waals surface area contributed by atoms with E-state index in [0.717, 1.165) is 18.8 Å². The van der Waals surface area contributed by atoms with E-state index in [0.29, 0.717) is 19.8 Å². The minimum atomic E-state index is -0.268. The number of aliphatic hydroxyl groups excluding tert-OH is 1. The molecule has 3 nitrogen and oxygen atoms in total. The Kier molecular flexibility index (Phi) is 6.15. The minimum Gasteiger partial charge on any atom is -0.391 e. The van der Waals surface area contributed by atoms with E-state index < -0.39 is 0 Å². The lowest BCUT2D eigenvalue weighted by molar-refractivity contribution is 0.0242. The molecule has 1 aliphatic carbocycles. The van der Waals surface area contributed by atoms with Crippen molar-refractivity contribution in [1.82, 2.24) is 0 Å². The molecule has 0 aliphatic heterocycles. The van der Waals surface area contributed by atoms with Crippen molar-refractivity contribution in [3.8, 4) is 0 Å². The van der Waals surface area contributed by atoms with Gasteiger partial charge in [-0.25, -0.2) is 0 Å². The molecule has 0 spiro atoms. The van der Waals surface area contributed by atoms with Crippen LogP contribution in [-0.4, -0.2) is 31.0 Å². The lowest BCUT2D eigenvalue weighted by atomic mass is 10.0. The zero-order chi connectivity index (χ0) is 10.2. The highest BCUT2D eigenvalue weighted by atomic mass is 16.5. The summed E-state index contributed by atoms with van der Waals surface area (Å²) in [5.74, 6) is 0.739. The Labute approximate surface area is 86.6 Å². The van der Waals surface area contributed by atoms with Crippen LogP contribution in [0.2, 0.25) is 0 Å². The van der Waals surface area contributed by atoms with Gasteiger partial charge in [-0.3, -0.25) is 0 Å². The zero-order valence-corrected chi connectivity index (χ0v) is 8.95. The minimum absolute atomic E-state index is 0.268. The number of rotatable bonds is 7. The molecule has 0 amide bonds. The first-order valence-electron chi connectivity index (χ1n) is 5.79. The van der Waals surface area contributed by atoms with E-state index in [-0.39, 0.29) is 6.10 Å². The van der Waals surface area contributed by atoms with Gasteiger partial charge < -0.3 is 15.6 Å². The van der Waals surface area contributed by atoms with Gasteiger partial charge in [-0.15, -0.1) is 0 Å². The maximum Gasteiger partial charge on any atom is 0.0776 e. The molecular formula is C11H23NO2. The molecule has 3 heteroatoms. The van der Waals surface area contributed by atoms with Crippen LogP contribution in [0.5, 0.6) is 0 Å². The Morgan fingerprint density at radius 1 is 1.36 bits per heavy atom. The van der Waals surface area contributed by atoms with Gasteiger partial charge in [-0.2, -0.15) is 0 Å². The third kappa shape index (κ3) is 4.94. The molecule has 14 heavy (non-hydrogen) atoms. The summed E-state index contributed by atoms with van der Waals surface area (Å²) in [6.07, 6.45) is 6.80. The predicted octanol–water partition coefficient (Wildman–Crippen LogP) is 1.29. The first-order valence-corrected chi connectivity index (χ1v) is 5.79. The van der Waals surface area contributed by atoms with Crippen LogP contribution in [-0.2, 0) is 4.74 Å². The van der Waals surface area contributed by atoms with Crippen molar-refractivity contribution in [1.29, 1.82) is 0 Å². The van der Waals surface area contributed by atoms with Crippen molar-refractivity contribution >= 4 is 0 Å². The van der Waals surface area contributed by atoms with Crippen molar-refractivity contribution < 1.29 is 9.84 Å².